The fourth-order valence-electron chi connectivity index (χ4n) is 1.69. The second-order valence-electron chi connectivity index (χ2n) is 4.05. The van der Waals surface area contributed by atoms with Gasteiger partial charge in [0.1, 0.15) is 0 Å². The number of amides is 1. The lowest BCUT2D eigenvalue weighted by Crippen LogP contribution is -2.55. The number of nitrogens with one attached hydrogen (secondary N) is 1. The van der Waals surface area contributed by atoms with Gasteiger partial charge in [0.25, 0.3) is 5.91 Å². The van der Waals surface area contributed by atoms with E-state index in [2.05, 4.69) is 4.84 Å². The summed E-state index contributed by atoms with van der Waals surface area (Å²) in [5, 5.41) is 0. The van der Waals surface area contributed by atoms with Crippen molar-refractivity contribution in [2.75, 3.05) is 6.61 Å². The van der Waals surface area contributed by atoms with Crippen LogP contribution in [-0.4, -0.2) is 24.2 Å². The number of carbonyl (C=O) groups is 1. The van der Waals surface area contributed by atoms with E-state index in [9.17, 15) is 18.0 Å². The highest BCUT2D eigenvalue weighted by Gasteiger charge is 2.36. The van der Waals surface area contributed by atoms with Crippen LogP contribution in [0.15, 0.2) is 0 Å². The quantitative estimate of drug-likeness (QED) is 0.730. The third kappa shape index (κ3) is 3.97. The Hall–Kier alpha value is -0.820. The van der Waals surface area contributed by atoms with Gasteiger partial charge in [-0.15, -0.1) is 0 Å². The molecule has 0 aromatic carbocycles. The van der Waals surface area contributed by atoms with Gasteiger partial charge in [-0.2, -0.15) is 13.2 Å². The van der Waals surface area contributed by atoms with Crippen LogP contribution < -0.4 is 11.2 Å². The number of hydrogen-bond donors (Lipinski definition) is 2. The molecule has 0 aliphatic heterocycles. The van der Waals surface area contributed by atoms with E-state index in [4.69, 9.17) is 5.73 Å². The van der Waals surface area contributed by atoms with E-state index in [1.165, 1.54) is 0 Å². The predicted octanol–water partition coefficient (Wildman–Crippen LogP) is 1.26. The van der Waals surface area contributed by atoms with Crippen LogP contribution in [0.1, 0.15) is 32.1 Å². The fraction of sp³-hybridized carbons (Fsp3) is 0.889. The van der Waals surface area contributed by atoms with Crippen LogP contribution in [0.2, 0.25) is 0 Å². The van der Waals surface area contributed by atoms with Crippen molar-refractivity contribution in [1.82, 2.24) is 5.48 Å². The van der Waals surface area contributed by atoms with Crippen molar-refractivity contribution < 1.29 is 22.8 Å². The van der Waals surface area contributed by atoms with E-state index in [-0.39, 0.29) is 0 Å². The molecule has 0 bridgehead atoms. The molecule has 0 spiro atoms. The molecule has 94 valence electrons. The summed E-state index contributed by atoms with van der Waals surface area (Å²) in [5.74, 6) is -0.670. The maximum absolute atomic E-state index is 11.7. The molecule has 4 nitrogen and oxygen atoms in total. The second-order valence-corrected chi connectivity index (χ2v) is 4.05. The summed E-state index contributed by atoms with van der Waals surface area (Å²) in [4.78, 5) is 15.6. The van der Waals surface area contributed by atoms with E-state index < -0.39 is 24.2 Å². The van der Waals surface area contributed by atoms with Crippen molar-refractivity contribution in [3.8, 4) is 0 Å². The standard InChI is InChI=1S/C9H15F3N2O2/c10-9(11,12)6-16-14-7(15)8(13)4-2-1-3-5-8/h1-6,13H2,(H,14,15). The Kier molecular flexibility index (Phi) is 4.15. The molecule has 16 heavy (non-hydrogen) atoms. The number of alkyl halides is 3. The maximum atomic E-state index is 11.7. The summed E-state index contributed by atoms with van der Waals surface area (Å²) in [6.07, 6.45) is -0.883. The Morgan fingerprint density at radius 2 is 1.88 bits per heavy atom. The van der Waals surface area contributed by atoms with Gasteiger partial charge >= 0.3 is 6.18 Å². The first-order valence-corrected chi connectivity index (χ1v) is 5.11. The molecule has 3 N–H and O–H groups in total. The summed E-state index contributed by atoms with van der Waals surface area (Å²) < 4.78 is 35.2. The Morgan fingerprint density at radius 3 is 2.38 bits per heavy atom. The molecule has 0 radical (unpaired) electrons. The molecule has 1 rings (SSSR count). The highest BCUT2D eigenvalue weighted by Crippen LogP contribution is 2.26. The fourth-order valence-corrected chi connectivity index (χ4v) is 1.69. The highest BCUT2D eigenvalue weighted by molar-refractivity contribution is 5.85. The molecule has 0 unspecified atom stereocenters. The highest BCUT2D eigenvalue weighted by atomic mass is 19.4. The zero-order chi connectivity index (χ0) is 12.2. The maximum Gasteiger partial charge on any atom is 0.414 e. The Balaban J connectivity index is 2.34. The first kappa shape index (κ1) is 13.2. The van der Waals surface area contributed by atoms with Gasteiger partial charge in [0.05, 0.1) is 5.54 Å². The van der Waals surface area contributed by atoms with Gasteiger partial charge in [-0.3, -0.25) is 9.63 Å². The lowest BCUT2D eigenvalue weighted by molar-refractivity contribution is -0.193. The SMILES string of the molecule is NC1(C(=O)NOCC(F)(F)F)CCCCC1. The van der Waals surface area contributed by atoms with Crippen LogP contribution in [0.4, 0.5) is 13.2 Å². The van der Waals surface area contributed by atoms with Crippen LogP contribution in [0.25, 0.3) is 0 Å². The zero-order valence-corrected chi connectivity index (χ0v) is 8.77. The van der Waals surface area contributed by atoms with Gasteiger partial charge in [0.2, 0.25) is 0 Å². The Bertz CT molecular complexity index is 250. The largest absolute Gasteiger partial charge is 0.414 e. The van der Waals surface area contributed by atoms with E-state index >= 15 is 0 Å². The number of hydroxylamine groups is 1. The summed E-state index contributed by atoms with van der Waals surface area (Å²) in [6, 6.07) is 0. The van der Waals surface area contributed by atoms with Gasteiger partial charge < -0.3 is 5.73 Å². The van der Waals surface area contributed by atoms with Crippen molar-refractivity contribution in [3.05, 3.63) is 0 Å². The van der Waals surface area contributed by atoms with Gasteiger partial charge in [-0.1, -0.05) is 19.3 Å². The van der Waals surface area contributed by atoms with E-state index in [1.54, 1.807) is 5.48 Å². The van der Waals surface area contributed by atoms with Crippen LogP contribution in [0.5, 0.6) is 0 Å². The van der Waals surface area contributed by atoms with Gasteiger partial charge in [0, 0.05) is 0 Å². The molecule has 0 aromatic heterocycles. The molecular formula is C9H15F3N2O2. The summed E-state index contributed by atoms with van der Waals surface area (Å²) >= 11 is 0. The third-order valence-corrected chi connectivity index (χ3v) is 2.60. The van der Waals surface area contributed by atoms with Crippen molar-refractivity contribution in [2.24, 2.45) is 5.73 Å². The second kappa shape index (κ2) is 5.01. The predicted molar refractivity (Wildman–Crippen MR) is 50.2 cm³/mol. The molecule has 0 aromatic rings. The minimum atomic E-state index is -4.46. The van der Waals surface area contributed by atoms with Gasteiger partial charge in [-0.25, -0.2) is 5.48 Å². The Labute approximate surface area is 91.3 Å². The number of nitrogens with two attached hydrogens (primary N) is 1. The third-order valence-electron chi connectivity index (χ3n) is 2.60. The summed E-state index contributed by atoms with van der Waals surface area (Å²) in [5.41, 5.74) is 6.47. The van der Waals surface area contributed by atoms with E-state index in [0.29, 0.717) is 12.8 Å². The molecule has 0 heterocycles. The van der Waals surface area contributed by atoms with Gasteiger partial charge in [0.15, 0.2) is 6.61 Å². The molecule has 1 saturated carbocycles. The molecule has 1 fully saturated rings. The zero-order valence-electron chi connectivity index (χ0n) is 8.77. The molecule has 0 atom stereocenters. The molecular weight excluding hydrogens is 225 g/mol. The number of halogens is 3. The molecule has 1 aliphatic rings. The molecule has 1 amide bonds. The van der Waals surface area contributed by atoms with Crippen LogP contribution >= 0.6 is 0 Å². The van der Waals surface area contributed by atoms with Crippen molar-refractivity contribution >= 4 is 5.91 Å². The lowest BCUT2D eigenvalue weighted by Gasteiger charge is -2.31. The van der Waals surface area contributed by atoms with E-state index in [0.717, 1.165) is 19.3 Å². The van der Waals surface area contributed by atoms with Crippen molar-refractivity contribution in [1.29, 1.82) is 0 Å². The number of hydrogen-bond acceptors (Lipinski definition) is 3. The van der Waals surface area contributed by atoms with Crippen LogP contribution in [0, 0.1) is 0 Å². The topological polar surface area (TPSA) is 64.4 Å². The van der Waals surface area contributed by atoms with Crippen molar-refractivity contribution in [2.45, 2.75) is 43.8 Å². The smallest absolute Gasteiger partial charge is 0.317 e. The average molecular weight is 240 g/mol. The minimum Gasteiger partial charge on any atom is -0.317 e. The molecule has 0 saturated heterocycles. The first-order chi connectivity index (χ1) is 7.33. The first-order valence-electron chi connectivity index (χ1n) is 5.11. The average Bonchev–Trinajstić information content (AvgIpc) is 2.16. The summed E-state index contributed by atoms with van der Waals surface area (Å²) in [7, 11) is 0. The number of carbonyl (C=O) groups excluding carboxylic acids is 1. The lowest BCUT2D eigenvalue weighted by atomic mass is 9.82. The molecule has 1 aliphatic carbocycles. The van der Waals surface area contributed by atoms with Crippen molar-refractivity contribution in [3.63, 3.8) is 0 Å². The Morgan fingerprint density at radius 1 is 1.31 bits per heavy atom. The van der Waals surface area contributed by atoms with Crippen LogP contribution in [0.3, 0.4) is 0 Å². The normalized spacial score (nSPS) is 20.5. The minimum absolute atomic E-state index is 0.480. The van der Waals surface area contributed by atoms with E-state index in [1.807, 2.05) is 0 Å². The van der Waals surface area contributed by atoms with Crippen LogP contribution in [-0.2, 0) is 9.63 Å². The monoisotopic (exact) mass is 240 g/mol. The molecule has 7 heteroatoms. The number of rotatable bonds is 3. The summed E-state index contributed by atoms with van der Waals surface area (Å²) in [6.45, 7) is -1.51. The van der Waals surface area contributed by atoms with Gasteiger partial charge in [-0.05, 0) is 12.8 Å².